The van der Waals surface area contributed by atoms with Gasteiger partial charge in [-0.2, -0.15) is 0 Å². The molecule has 0 aliphatic heterocycles. The predicted molar refractivity (Wildman–Crippen MR) is 73.1 cm³/mol. The number of rotatable bonds is 4. The summed E-state index contributed by atoms with van der Waals surface area (Å²) in [5.41, 5.74) is 0.465. The molecule has 1 heterocycles. The number of carbonyl (C=O) groups excluding carboxylic acids is 1. The van der Waals surface area contributed by atoms with E-state index in [-0.39, 0.29) is 17.2 Å². The summed E-state index contributed by atoms with van der Waals surface area (Å²) < 4.78 is 0. The normalized spacial score (nSPS) is 17.6. The Kier molecular flexibility index (Phi) is 4.04. The van der Waals surface area contributed by atoms with Crippen molar-refractivity contribution in [3.63, 3.8) is 0 Å². The number of nitrogens with one attached hydrogen (secondary N) is 1. The number of pyridine rings is 1. The number of hydrogen-bond donors (Lipinski definition) is 2. The van der Waals surface area contributed by atoms with Crippen LogP contribution in [0, 0.1) is 0 Å². The van der Waals surface area contributed by atoms with Crippen LogP contribution >= 0.6 is 0 Å². The second-order valence-corrected chi connectivity index (χ2v) is 5.44. The van der Waals surface area contributed by atoms with Crippen molar-refractivity contribution in [2.24, 2.45) is 0 Å². The molecular formula is C14H21N3O2. The maximum Gasteiger partial charge on any atom is 0.253 e. The number of nitrogens with zero attached hydrogens (tertiary/aromatic N) is 2. The number of carbonyl (C=O) groups is 1. The number of aromatic nitrogens is 1. The van der Waals surface area contributed by atoms with Crippen molar-refractivity contribution in [1.82, 2.24) is 15.2 Å². The second-order valence-electron chi connectivity index (χ2n) is 5.44. The number of likely N-dealkylation sites (N-methyl/N-ethyl adjacent to an activating group) is 1. The van der Waals surface area contributed by atoms with Gasteiger partial charge in [0.15, 0.2) is 0 Å². The molecule has 1 fully saturated rings. The summed E-state index contributed by atoms with van der Waals surface area (Å²) in [5.74, 6) is -0.174. The first-order valence-corrected chi connectivity index (χ1v) is 6.63. The van der Waals surface area contributed by atoms with Gasteiger partial charge < -0.3 is 15.3 Å². The molecule has 1 aliphatic rings. The first-order valence-electron chi connectivity index (χ1n) is 6.63. The van der Waals surface area contributed by atoms with Crippen molar-refractivity contribution in [3.8, 4) is 5.75 Å². The number of hydrogen-bond acceptors (Lipinski definition) is 4. The zero-order valence-electron chi connectivity index (χ0n) is 11.5. The Morgan fingerprint density at radius 1 is 1.42 bits per heavy atom. The van der Waals surface area contributed by atoms with Gasteiger partial charge in [-0.15, -0.1) is 0 Å². The fraction of sp³-hybridized carbons (Fsp3) is 0.571. The van der Waals surface area contributed by atoms with E-state index >= 15 is 0 Å². The summed E-state index contributed by atoms with van der Waals surface area (Å²) in [7, 11) is 4.13. The predicted octanol–water partition coefficient (Wildman–Crippen LogP) is 1.39. The smallest absolute Gasteiger partial charge is 0.253 e. The van der Waals surface area contributed by atoms with Gasteiger partial charge in [-0.1, -0.05) is 12.8 Å². The van der Waals surface area contributed by atoms with Crippen LogP contribution in [0.25, 0.3) is 0 Å². The fourth-order valence-corrected chi connectivity index (χ4v) is 2.71. The van der Waals surface area contributed by atoms with Crippen molar-refractivity contribution < 1.29 is 9.90 Å². The molecule has 0 saturated heterocycles. The highest BCUT2D eigenvalue weighted by atomic mass is 16.3. The Bertz CT molecular complexity index is 454. The lowest BCUT2D eigenvalue weighted by Gasteiger charge is -2.36. The van der Waals surface area contributed by atoms with Crippen LogP contribution in [0.1, 0.15) is 36.0 Å². The van der Waals surface area contributed by atoms with Gasteiger partial charge in [0.05, 0.1) is 11.8 Å². The molecule has 2 rings (SSSR count). The van der Waals surface area contributed by atoms with E-state index in [9.17, 15) is 9.90 Å². The van der Waals surface area contributed by atoms with E-state index in [1.807, 2.05) is 0 Å². The van der Waals surface area contributed by atoms with Gasteiger partial charge >= 0.3 is 0 Å². The van der Waals surface area contributed by atoms with Crippen molar-refractivity contribution in [1.29, 1.82) is 0 Å². The Morgan fingerprint density at radius 2 is 2.11 bits per heavy atom. The van der Waals surface area contributed by atoms with Crippen molar-refractivity contribution in [3.05, 3.63) is 24.0 Å². The third kappa shape index (κ3) is 3.04. The van der Waals surface area contributed by atoms with Gasteiger partial charge in [0, 0.05) is 18.3 Å². The topological polar surface area (TPSA) is 65.5 Å². The van der Waals surface area contributed by atoms with Crippen molar-refractivity contribution >= 4 is 5.91 Å². The third-order valence-electron chi connectivity index (χ3n) is 4.05. The van der Waals surface area contributed by atoms with Gasteiger partial charge in [0.25, 0.3) is 5.91 Å². The minimum atomic E-state index is -0.184. The van der Waals surface area contributed by atoms with E-state index in [1.54, 1.807) is 0 Å². The molecule has 1 aromatic rings. The molecule has 0 atom stereocenters. The molecule has 0 aromatic carbocycles. The fourth-order valence-electron chi connectivity index (χ4n) is 2.71. The van der Waals surface area contributed by atoms with Gasteiger partial charge in [0.2, 0.25) is 0 Å². The van der Waals surface area contributed by atoms with Crippen molar-refractivity contribution in [2.75, 3.05) is 20.6 Å². The van der Waals surface area contributed by atoms with Gasteiger partial charge in [0.1, 0.15) is 5.75 Å². The highest BCUT2D eigenvalue weighted by Gasteiger charge is 2.36. The van der Waals surface area contributed by atoms with E-state index in [0.717, 1.165) is 12.8 Å². The van der Waals surface area contributed by atoms with Crippen LogP contribution in [0.3, 0.4) is 0 Å². The third-order valence-corrected chi connectivity index (χ3v) is 4.05. The summed E-state index contributed by atoms with van der Waals surface area (Å²) in [6, 6.07) is 1.43. The molecule has 0 bridgehead atoms. The Balaban J connectivity index is 2.00. The molecular weight excluding hydrogens is 242 g/mol. The zero-order chi connectivity index (χ0) is 13.9. The number of aromatic hydroxyl groups is 1. The SMILES string of the molecule is CN(C)C1(CNC(=O)c2cncc(O)c2)CCCC1. The molecule has 5 nitrogen and oxygen atoms in total. The quantitative estimate of drug-likeness (QED) is 0.861. The molecule has 1 amide bonds. The van der Waals surface area contributed by atoms with Gasteiger partial charge in [-0.05, 0) is 33.0 Å². The monoisotopic (exact) mass is 263 g/mol. The summed E-state index contributed by atoms with van der Waals surface area (Å²) in [5, 5.41) is 12.3. The molecule has 19 heavy (non-hydrogen) atoms. The molecule has 0 spiro atoms. The Labute approximate surface area is 113 Å². The van der Waals surface area contributed by atoms with Gasteiger partial charge in [-0.25, -0.2) is 0 Å². The Hall–Kier alpha value is -1.62. The summed E-state index contributed by atoms with van der Waals surface area (Å²) in [6.07, 6.45) is 7.42. The lowest BCUT2D eigenvalue weighted by molar-refractivity contribution is 0.0899. The Morgan fingerprint density at radius 3 is 2.68 bits per heavy atom. The van der Waals surface area contributed by atoms with E-state index < -0.39 is 0 Å². The molecule has 5 heteroatoms. The largest absolute Gasteiger partial charge is 0.506 e. The highest BCUT2D eigenvalue weighted by Crippen LogP contribution is 2.33. The molecule has 104 valence electrons. The minimum absolute atomic E-state index is 0.0100. The zero-order valence-corrected chi connectivity index (χ0v) is 11.5. The van der Waals surface area contributed by atoms with Crippen LogP contribution in [-0.2, 0) is 0 Å². The molecule has 1 aromatic heterocycles. The summed E-state index contributed by atoms with van der Waals surface area (Å²) >= 11 is 0. The van der Waals surface area contributed by atoms with E-state index in [0.29, 0.717) is 12.1 Å². The van der Waals surface area contributed by atoms with Gasteiger partial charge in [-0.3, -0.25) is 9.78 Å². The highest BCUT2D eigenvalue weighted by molar-refractivity contribution is 5.94. The molecule has 1 saturated carbocycles. The average molecular weight is 263 g/mol. The molecule has 0 unspecified atom stereocenters. The minimum Gasteiger partial charge on any atom is -0.506 e. The van der Waals surface area contributed by atoms with Crippen molar-refractivity contribution in [2.45, 2.75) is 31.2 Å². The first kappa shape index (κ1) is 13.8. The van der Waals surface area contributed by atoms with E-state index in [2.05, 4.69) is 29.3 Å². The van der Waals surface area contributed by atoms with Crippen LogP contribution in [0.5, 0.6) is 5.75 Å². The number of amides is 1. The maximum absolute atomic E-state index is 12.0. The van der Waals surface area contributed by atoms with Crippen LogP contribution in [0.4, 0.5) is 0 Å². The molecule has 1 aliphatic carbocycles. The lowest BCUT2D eigenvalue weighted by atomic mass is 9.96. The first-order chi connectivity index (χ1) is 9.03. The summed E-state index contributed by atoms with van der Waals surface area (Å²) in [6.45, 7) is 0.633. The molecule has 2 N–H and O–H groups in total. The average Bonchev–Trinajstić information content (AvgIpc) is 2.86. The van der Waals surface area contributed by atoms with Crippen LogP contribution < -0.4 is 5.32 Å². The van der Waals surface area contributed by atoms with E-state index in [4.69, 9.17) is 0 Å². The summed E-state index contributed by atoms with van der Waals surface area (Å²) in [4.78, 5) is 18.1. The van der Waals surface area contributed by atoms with Crippen LogP contribution in [0.2, 0.25) is 0 Å². The van der Waals surface area contributed by atoms with Crippen LogP contribution in [-0.4, -0.2) is 47.1 Å². The second kappa shape index (κ2) is 5.57. The van der Waals surface area contributed by atoms with E-state index in [1.165, 1.54) is 31.3 Å². The standard InChI is InChI=1S/C14H21N3O2/c1-17(2)14(5-3-4-6-14)10-16-13(19)11-7-12(18)9-15-8-11/h7-9,18H,3-6,10H2,1-2H3,(H,16,19). The lowest BCUT2D eigenvalue weighted by Crippen LogP contribution is -2.50. The van der Waals surface area contributed by atoms with Crippen LogP contribution in [0.15, 0.2) is 18.5 Å². The molecule has 0 radical (unpaired) electrons. The maximum atomic E-state index is 12.0.